The van der Waals surface area contributed by atoms with Crippen molar-refractivity contribution in [2.45, 2.75) is 26.2 Å². The Morgan fingerprint density at radius 2 is 1.68 bits per heavy atom. The van der Waals surface area contributed by atoms with Crippen LogP contribution < -0.4 is 25.0 Å². The molecule has 3 amide bonds. The lowest BCUT2D eigenvalue weighted by Gasteiger charge is -2.29. The van der Waals surface area contributed by atoms with Crippen molar-refractivity contribution in [1.82, 2.24) is 0 Å². The van der Waals surface area contributed by atoms with E-state index in [4.69, 9.17) is 9.47 Å². The Kier molecular flexibility index (Phi) is 6.03. The first kappa shape index (κ1) is 19.5. The molecule has 0 bridgehead atoms. The van der Waals surface area contributed by atoms with Crippen molar-refractivity contribution in [3.8, 4) is 11.5 Å². The summed E-state index contributed by atoms with van der Waals surface area (Å²) in [6.45, 7) is 2.61. The normalized spacial score (nSPS) is 12.8. The zero-order chi connectivity index (χ0) is 20.1. The number of fused-ring (bicyclic) bond motifs is 1. The molecule has 7 heteroatoms. The minimum atomic E-state index is -0.357. The van der Waals surface area contributed by atoms with Gasteiger partial charge < -0.3 is 25.0 Å². The first-order valence-corrected chi connectivity index (χ1v) is 9.29. The van der Waals surface area contributed by atoms with Crippen LogP contribution in [-0.2, 0) is 11.2 Å². The first-order chi connectivity index (χ1) is 13.5. The van der Waals surface area contributed by atoms with E-state index in [1.165, 1.54) is 0 Å². The Balaban J connectivity index is 1.70. The molecule has 1 heterocycles. The number of hydrogen-bond acceptors (Lipinski definition) is 4. The number of benzene rings is 2. The zero-order valence-electron chi connectivity index (χ0n) is 16.4. The third kappa shape index (κ3) is 4.19. The van der Waals surface area contributed by atoms with Crippen LogP contribution >= 0.6 is 0 Å². The molecule has 0 radical (unpaired) electrons. The number of amides is 3. The van der Waals surface area contributed by atoms with E-state index < -0.39 is 0 Å². The summed E-state index contributed by atoms with van der Waals surface area (Å²) in [4.78, 5) is 26.3. The van der Waals surface area contributed by atoms with Gasteiger partial charge in [-0.3, -0.25) is 4.79 Å². The molecule has 148 valence electrons. The molecular formula is C21H25N3O4. The number of hydrogen-bond donors (Lipinski definition) is 2. The molecule has 7 nitrogen and oxygen atoms in total. The van der Waals surface area contributed by atoms with Gasteiger partial charge in [0.25, 0.3) is 0 Å². The highest BCUT2D eigenvalue weighted by Gasteiger charge is 2.21. The smallest absolute Gasteiger partial charge is 0.323 e. The molecule has 0 aliphatic carbocycles. The molecule has 0 atom stereocenters. The van der Waals surface area contributed by atoms with Gasteiger partial charge in [0.15, 0.2) is 11.5 Å². The molecule has 0 aromatic heterocycles. The van der Waals surface area contributed by atoms with Gasteiger partial charge in [0, 0.05) is 36.1 Å². The second kappa shape index (κ2) is 8.65. The van der Waals surface area contributed by atoms with Gasteiger partial charge in [-0.2, -0.15) is 0 Å². The number of rotatable bonds is 5. The topological polar surface area (TPSA) is 79.9 Å². The highest BCUT2D eigenvalue weighted by molar-refractivity contribution is 6.00. The summed E-state index contributed by atoms with van der Waals surface area (Å²) in [6.07, 6.45) is 2.28. The van der Waals surface area contributed by atoms with Crippen LogP contribution in [0, 0.1) is 0 Å². The molecule has 0 unspecified atom stereocenters. The Bertz CT molecular complexity index is 882. The fourth-order valence-electron chi connectivity index (χ4n) is 3.33. The molecule has 0 saturated carbocycles. The van der Waals surface area contributed by atoms with Gasteiger partial charge in [-0.15, -0.1) is 0 Å². The minimum absolute atomic E-state index is 0.118. The Hall–Kier alpha value is -3.22. The predicted octanol–water partition coefficient (Wildman–Crippen LogP) is 4.04. The predicted molar refractivity (Wildman–Crippen MR) is 110 cm³/mol. The van der Waals surface area contributed by atoms with Crippen LogP contribution in [0.15, 0.2) is 36.4 Å². The van der Waals surface area contributed by atoms with Crippen LogP contribution in [0.5, 0.6) is 11.5 Å². The quantitative estimate of drug-likeness (QED) is 0.817. The first-order valence-electron chi connectivity index (χ1n) is 9.29. The standard InChI is InChI=1S/C21H25N3O4/c1-4-20(25)24-11-5-6-14-12-15(7-9-17(14)24)22-21(26)23-16-8-10-18(27-2)19(13-16)28-3/h7-10,12-13H,4-6,11H2,1-3H3,(H2,22,23,26). The number of anilines is 3. The summed E-state index contributed by atoms with van der Waals surface area (Å²) in [5.41, 5.74) is 3.27. The fraction of sp³-hybridized carbons (Fsp3) is 0.333. The van der Waals surface area contributed by atoms with Crippen molar-refractivity contribution in [2.24, 2.45) is 0 Å². The average molecular weight is 383 g/mol. The van der Waals surface area contributed by atoms with Crippen molar-refractivity contribution in [3.63, 3.8) is 0 Å². The SMILES string of the molecule is CCC(=O)N1CCCc2cc(NC(=O)Nc3ccc(OC)c(OC)c3)ccc21. The summed E-state index contributed by atoms with van der Waals surface area (Å²) >= 11 is 0. The highest BCUT2D eigenvalue weighted by atomic mass is 16.5. The van der Waals surface area contributed by atoms with Gasteiger partial charge in [-0.25, -0.2) is 4.79 Å². The molecule has 28 heavy (non-hydrogen) atoms. The van der Waals surface area contributed by atoms with Crippen molar-refractivity contribution in [1.29, 1.82) is 0 Å². The van der Waals surface area contributed by atoms with E-state index in [-0.39, 0.29) is 11.9 Å². The molecule has 0 fully saturated rings. The van der Waals surface area contributed by atoms with Gasteiger partial charge in [0.05, 0.1) is 14.2 Å². The van der Waals surface area contributed by atoms with Crippen LogP contribution in [0.1, 0.15) is 25.3 Å². The molecule has 0 spiro atoms. The third-order valence-corrected chi connectivity index (χ3v) is 4.70. The minimum Gasteiger partial charge on any atom is -0.493 e. The van der Waals surface area contributed by atoms with Crippen molar-refractivity contribution >= 4 is 29.0 Å². The largest absolute Gasteiger partial charge is 0.493 e. The van der Waals surface area contributed by atoms with Gasteiger partial charge in [-0.05, 0) is 48.7 Å². The van der Waals surface area contributed by atoms with Crippen LogP contribution in [0.25, 0.3) is 0 Å². The number of carbonyl (C=O) groups excluding carboxylic acids is 2. The summed E-state index contributed by atoms with van der Waals surface area (Å²) in [7, 11) is 3.10. The summed E-state index contributed by atoms with van der Waals surface area (Å²) in [6, 6.07) is 10.4. The summed E-state index contributed by atoms with van der Waals surface area (Å²) in [5, 5.41) is 5.62. The van der Waals surface area contributed by atoms with Gasteiger partial charge >= 0.3 is 6.03 Å². The van der Waals surface area contributed by atoms with E-state index >= 15 is 0 Å². The fourth-order valence-corrected chi connectivity index (χ4v) is 3.33. The molecule has 0 saturated heterocycles. The lowest BCUT2D eigenvalue weighted by Crippen LogP contribution is -2.34. The number of carbonyl (C=O) groups is 2. The lowest BCUT2D eigenvalue weighted by atomic mass is 10.0. The van der Waals surface area contributed by atoms with Crippen molar-refractivity contribution in [3.05, 3.63) is 42.0 Å². The monoisotopic (exact) mass is 383 g/mol. The average Bonchev–Trinajstić information content (AvgIpc) is 2.72. The van der Waals surface area contributed by atoms with Crippen molar-refractivity contribution in [2.75, 3.05) is 36.3 Å². The molecule has 2 aromatic rings. The number of methoxy groups -OCH3 is 2. The number of nitrogens with one attached hydrogen (secondary N) is 2. The van der Waals surface area contributed by atoms with E-state index in [0.717, 1.165) is 30.6 Å². The van der Waals surface area contributed by atoms with Crippen LogP contribution in [0.4, 0.5) is 21.9 Å². The van der Waals surface area contributed by atoms with Gasteiger partial charge in [0.2, 0.25) is 5.91 Å². The molecule has 1 aliphatic heterocycles. The molecule has 3 rings (SSSR count). The second-order valence-electron chi connectivity index (χ2n) is 6.49. The number of aryl methyl sites for hydroxylation is 1. The van der Waals surface area contributed by atoms with Gasteiger partial charge in [-0.1, -0.05) is 6.92 Å². The van der Waals surface area contributed by atoms with E-state index in [9.17, 15) is 9.59 Å². The molecule has 2 aromatic carbocycles. The Labute approximate surface area is 164 Å². The summed E-state index contributed by atoms with van der Waals surface area (Å²) in [5.74, 6) is 1.25. The van der Waals surface area contributed by atoms with Crippen LogP contribution in [-0.4, -0.2) is 32.7 Å². The zero-order valence-corrected chi connectivity index (χ0v) is 16.4. The lowest BCUT2D eigenvalue weighted by molar-refractivity contribution is -0.118. The Morgan fingerprint density at radius 3 is 2.36 bits per heavy atom. The molecule has 1 aliphatic rings. The maximum absolute atomic E-state index is 12.4. The Morgan fingerprint density at radius 1 is 1.00 bits per heavy atom. The van der Waals surface area contributed by atoms with E-state index in [1.807, 2.05) is 30.0 Å². The maximum Gasteiger partial charge on any atom is 0.323 e. The second-order valence-corrected chi connectivity index (χ2v) is 6.49. The van der Waals surface area contributed by atoms with E-state index in [0.29, 0.717) is 29.3 Å². The number of nitrogens with zero attached hydrogens (tertiary/aromatic N) is 1. The third-order valence-electron chi connectivity index (χ3n) is 4.70. The van der Waals surface area contributed by atoms with Crippen LogP contribution in [0.2, 0.25) is 0 Å². The van der Waals surface area contributed by atoms with E-state index in [2.05, 4.69) is 10.6 Å². The number of urea groups is 1. The molecular weight excluding hydrogens is 358 g/mol. The van der Waals surface area contributed by atoms with E-state index in [1.54, 1.807) is 32.4 Å². The number of ether oxygens (including phenoxy) is 2. The maximum atomic E-state index is 12.4. The van der Waals surface area contributed by atoms with Crippen LogP contribution in [0.3, 0.4) is 0 Å². The van der Waals surface area contributed by atoms with Gasteiger partial charge in [0.1, 0.15) is 0 Å². The van der Waals surface area contributed by atoms with Crippen molar-refractivity contribution < 1.29 is 19.1 Å². The summed E-state index contributed by atoms with van der Waals surface area (Å²) < 4.78 is 10.4. The molecule has 2 N–H and O–H groups in total. The highest BCUT2D eigenvalue weighted by Crippen LogP contribution is 2.31.